The standard InChI is InChI=1S/C16H17F3N4O3/c1-25-23(15(24)22-8-2-3-9-22)10-11-4-6-12(7-5-11)13-20-14(26-21-13)16(17,18)19/h4-7H,2-3,8-10H2,1H3. The van der Waals surface area contributed by atoms with E-state index in [0.29, 0.717) is 18.7 Å². The summed E-state index contributed by atoms with van der Waals surface area (Å²) >= 11 is 0. The van der Waals surface area contributed by atoms with E-state index in [2.05, 4.69) is 14.7 Å². The molecule has 7 nitrogen and oxygen atoms in total. The van der Waals surface area contributed by atoms with Crippen LogP contribution in [-0.2, 0) is 17.6 Å². The molecule has 3 rings (SSSR count). The summed E-state index contributed by atoms with van der Waals surface area (Å²) in [6.45, 7) is 1.63. The van der Waals surface area contributed by atoms with Crippen molar-refractivity contribution in [2.75, 3.05) is 20.2 Å². The van der Waals surface area contributed by atoms with Gasteiger partial charge >= 0.3 is 18.1 Å². The number of amides is 2. The van der Waals surface area contributed by atoms with Crippen LogP contribution in [0.25, 0.3) is 11.4 Å². The lowest BCUT2D eigenvalue weighted by Gasteiger charge is -2.25. The number of rotatable bonds is 4. The molecule has 0 unspecified atom stereocenters. The van der Waals surface area contributed by atoms with Gasteiger partial charge in [-0.05, 0) is 18.4 Å². The number of likely N-dealkylation sites (tertiary alicyclic amines) is 1. The fourth-order valence-corrected chi connectivity index (χ4v) is 2.66. The molecule has 1 aromatic heterocycles. The van der Waals surface area contributed by atoms with E-state index in [1.165, 1.54) is 12.2 Å². The fourth-order valence-electron chi connectivity index (χ4n) is 2.66. The van der Waals surface area contributed by atoms with Crippen LogP contribution in [-0.4, -0.2) is 46.3 Å². The Morgan fingerprint density at radius 2 is 1.92 bits per heavy atom. The average molecular weight is 370 g/mol. The summed E-state index contributed by atoms with van der Waals surface area (Å²) in [6.07, 6.45) is -2.73. The van der Waals surface area contributed by atoms with Crippen LogP contribution in [0.15, 0.2) is 28.8 Å². The highest BCUT2D eigenvalue weighted by Crippen LogP contribution is 2.29. The highest BCUT2D eigenvalue weighted by Gasteiger charge is 2.38. The van der Waals surface area contributed by atoms with Crippen LogP contribution in [0.4, 0.5) is 18.0 Å². The molecule has 0 saturated carbocycles. The predicted molar refractivity (Wildman–Crippen MR) is 83.5 cm³/mol. The topological polar surface area (TPSA) is 71.7 Å². The van der Waals surface area contributed by atoms with Gasteiger partial charge in [-0.25, -0.2) is 4.79 Å². The number of carbonyl (C=O) groups excluding carboxylic acids is 1. The van der Waals surface area contributed by atoms with Crippen LogP contribution in [0.3, 0.4) is 0 Å². The van der Waals surface area contributed by atoms with Crippen molar-refractivity contribution < 1.29 is 27.3 Å². The SMILES string of the molecule is CON(Cc1ccc(-c2noc(C(F)(F)F)n2)cc1)C(=O)N1CCCC1. The van der Waals surface area contributed by atoms with Crippen molar-refractivity contribution in [3.05, 3.63) is 35.7 Å². The number of carbonyl (C=O) groups is 1. The molecule has 140 valence electrons. The van der Waals surface area contributed by atoms with Gasteiger partial charge in [-0.15, -0.1) is 0 Å². The Morgan fingerprint density at radius 3 is 2.46 bits per heavy atom. The molecule has 26 heavy (non-hydrogen) atoms. The summed E-state index contributed by atoms with van der Waals surface area (Å²) in [7, 11) is 1.42. The molecule has 0 N–H and O–H groups in total. The van der Waals surface area contributed by atoms with E-state index in [1.807, 2.05) is 0 Å². The number of aromatic nitrogens is 2. The van der Waals surface area contributed by atoms with E-state index < -0.39 is 12.1 Å². The molecule has 1 fully saturated rings. The molecule has 0 radical (unpaired) electrons. The third-order valence-electron chi connectivity index (χ3n) is 4.02. The Balaban J connectivity index is 1.68. The first-order chi connectivity index (χ1) is 12.4. The number of nitrogens with zero attached hydrogens (tertiary/aromatic N) is 4. The molecule has 2 aromatic rings. The molecule has 2 amide bonds. The van der Waals surface area contributed by atoms with Gasteiger partial charge in [0.15, 0.2) is 0 Å². The molecule has 1 saturated heterocycles. The molecule has 2 heterocycles. The normalized spacial score (nSPS) is 14.7. The van der Waals surface area contributed by atoms with Gasteiger partial charge in [0, 0.05) is 18.7 Å². The summed E-state index contributed by atoms with van der Waals surface area (Å²) in [5, 5.41) is 4.58. The molecule has 1 aliphatic rings. The number of hydroxylamine groups is 2. The monoisotopic (exact) mass is 370 g/mol. The number of alkyl halides is 3. The predicted octanol–water partition coefficient (Wildman–Crippen LogP) is 3.33. The number of hydrogen-bond donors (Lipinski definition) is 0. The number of benzene rings is 1. The number of urea groups is 1. The van der Waals surface area contributed by atoms with Crippen LogP contribution in [0.2, 0.25) is 0 Å². The minimum absolute atomic E-state index is 0.152. The van der Waals surface area contributed by atoms with Crippen molar-refractivity contribution in [3.8, 4) is 11.4 Å². The second-order valence-corrected chi connectivity index (χ2v) is 5.81. The van der Waals surface area contributed by atoms with Crippen LogP contribution in [0, 0.1) is 0 Å². The van der Waals surface area contributed by atoms with Crippen LogP contribution < -0.4 is 0 Å². The first kappa shape index (κ1) is 18.2. The van der Waals surface area contributed by atoms with E-state index in [9.17, 15) is 18.0 Å². The maximum Gasteiger partial charge on any atom is 0.471 e. The van der Waals surface area contributed by atoms with Crippen LogP contribution in [0.1, 0.15) is 24.3 Å². The molecular weight excluding hydrogens is 353 g/mol. The van der Waals surface area contributed by atoms with Crippen molar-refractivity contribution in [1.82, 2.24) is 20.1 Å². The quantitative estimate of drug-likeness (QED) is 0.772. The van der Waals surface area contributed by atoms with E-state index in [4.69, 9.17) is 4.84 Å². The molecule has 10 heteroatoms. The van der Waals surface area contributed by atoms with Gasteiger partial charge < -0.3 is 9.42 Å². The third-order valence-corrected chi connectivity index (χ3v) is 4.02. The van der Waals surface area contributed by atoms with Crippen molar-refractivity contribution in [3.63, 3.8) is 0 Å². The summed E-state index contributed by atoms with van der Waals surface area (Å²) in [5.41, 5.74) is 1.13. The maximum atomic E-state index is 12.5. The molecular formula is C16H17F3N4O3. The van der Waals surface area contributed by atoms with Crippen LogP contribution >= 0.6 is 0 Å². The molecule has 0 atom stereocenters. The lowest BCUT2D eigenvalue weighted by Crippen LogP contribution is -2.40. The Hall–Kier alpha value is -2.62. The fraction of sp³-hybridized carbons (Fsp3) is 0.438. The zero-order valence-electron chi connectivity index (χ0n) is 14.0. The van der Waals surface area contributed by atoms with Gasteiger partial charge in [0.1, 0.15) is 0 Å². The second kappa shape index (κ2) is 7.32. The van der Waals surface area contributed by atoms with Gasteiger partial charge in [0.2, 0.25) is 5.82 Å². The largest absolute Gasteiger partial charge is 0.471 e. The van der Waals surface area contributed by atoms with Gasteiger partial charge in [-0.1, -0.05) is 29.4 Å². The van der Waals surface area contributed by atoms with Gasteiger partial charge in [0.05, 0.1) is 13.7 Å². The van der Waals surface area contributed by atoms with E-state index in [1.54, 1.807) is 29.2 Å². The van der Waals surface area contributed by atoms with E-state index in [-0.39, 0.29) is 18.4 Å². The van der Waals surface area contributed by atoms with E-state index in [0.717, 1.165) is 18.4 Å². The zero-order chi connectivity index (χ0) is 18.7. The van der Waals surface area contributed by atoms with Crippen molar-refractivity contribution in [2.45, 2.75) is 25.6 Å². The van der Waals surface area contributed by atoms with Gasteiger partial charge in [-0.3, -0.25) is 4.84 Å². The molecule has 0 bridgehead atoms. The summed E-state index contributed by atoms with van der Waals surface area (Å²) in [5.74, 6) is -1.54. The number of hydrogen-bond acceptors (Lipinski definition) is 5. The molecule has 1 aliphatic heterocycles. The second-order valence-electron chi connectivity index (χ2n) is 5.81. The summed E-state index contributed by atoms with van der Waals surface area (Å²) < 4.78 is 41.8. The van der Waals surface area contributed by atoms with Crippen molar-refractivity contribution in [2.24, 2.45) is 0 Å². The minimum atomic E-state index is -4.68. The molecule has 1 aromatic carbocycles. The Kier molecular flexibility index (Phi) is 5.12. The summed E-state index contributed by atoms with van der Waals surface area (Å²) in [4.78, 5) is 22.6. The minimum Gasteiger partial charge on any atom is -0.329 e. The Labute approximate surface area is 147 Å². The first-order valence-corrected chi connectivity index (χ1v) is 7.99. The first-order valence-electron chi connectivity index (χ1n) is 7.99. The van der Waals surface area contributed by atoms with E-state index >= 15 is 0 Å². The van der Waals surface area contributed by atoms with Crippen molar-refractivity contribution in [1.29, 1.82) is 0 Å². The third kappa shape index (κ3) is 3.96. The zero-order valence-corrected chi connectivity index (χ0v) is 14.0. The molecule has 0 aliphatic carbocycles. The molecule has 0 spiro atoms. The summed E-state index contributed by atoms with van der Waals surface area (Å²) in [6, 6.07) is 6.26. The van der Waals surface area contributed by atoms with Gasteiger partial charge in [0.25, 0.3) is 0 Å². The van der Waals surface area contributed by atoms with Gasteiger partial charge in [-0.2, -0.15) is 23.2 Å². The maximum absolute atomic E-state index is 12.5. The van der Waals surface area contributed by atoms with Crippen molar-refractivity contribution >= 4 is 6.03 Å². The smallest absolute Gasteiger partial charge is 0.329 e. The lowest BCUT2D eigenvalue weighted by atomic mass is 10.1. The Morgan fingerprint density at radius 1 is 1.27 bits per heavy atom. The highest BCUT2D eigenvalue weighted by molar-refractivity contribution is 5.73. The Bertz CT molecular complexity index is 755. The highest BCUT2D eigenvalue weighted by atomic mass is 19.4. The van der Waals surface area contributed by atoms with Crippen LogP contribution in [0.5, 0.6) is 0 Å². The number of halogens is 3. The lowest BCUT2D eigenvalue weighted by molar-refractivity contribution is -0.159. The average Bonchev–Trinajstić information content (AvgIpc) is 3.30.